The number of hydrazone groups is 1. The van der Waals surface area contributed by atoms with Crippen molar-refractivity contribution in [2.24, 2.45) is 16.4 Å². The average Bonchev–Trinajstić information content (AvgIpc) is 3.34. The molecule has 1 aromatic heterocycles. The van der Waals surface area contributed by atoms with Crippen molar-refractivity contribution in [1.82, 2.24) is 14.8 Å². The van der Waals surface area contributed by atoms with Gasteiger partial charge < -0.3 is 10.1 Å². The van der Waals surface area contributed by atoms with Crippen molar-refractivity contribution in [3.8, 4) is 0 Å². The summed E-state index contributed by atoms with van der Waals surface area (Å²) in [5.41, 5.74) is 2.68. The summed E-state index contributed by atoms with van der Waals surface area (Å²) in [5.74, 6) is -0.852. The van der Waals surface area contributed by atoms with Crippen LogP contribution in [0.1, 0.15) is 58.4 Å². The van der Waals surface area contributed by atoms with E-state index >= 15 is 0 Å². The summed E-state index contributed by atoms with van der Waals surface area (Å²) in [7, 11) is 1.31. The summed E-state index contributed by atoms with van der Waals surface area (Å²) >= 11 is 0. The van der Waals surface area contributed by atoms with Crippen molar-refractivity contribution in [3.05, 3.63) is 54.2 Å². The number of esters is 1. The number of hydrogen-bond acceptors (Lipinski definition) is 7. The van der Waals surface area contributed by atoms with Crippen LogP contribution in [0.15, 0.2) is 53.8 Å². The maximum absolute atomic E-state index is 14.1. The van der Waals surface area contributed by atoms with Gasteiger partial charge in [-0.05, 0) is 37.1 Å². The highest BCUT2D eigenvalue weighted by Gasteiger charge is 2.36. The number of fused-ring (bicyclic) bond motifs is 2. The topological polar surface area (TPSA) is 126 Å². The number of aromatic nitrogens is 2. The predicted octanol–water partition coefficient (Wildman–Crippen LogP) is 4.99. The SMILES string of the molecule is COC(=O)Cn1ncc2ccc(NC(=O)CN3N=C(C4CCCCC4)c4ccccc4N(CC(=O)C(C)(C)C)C3=O)cc21. The molecule has 5 rings (SSSR count). The first-order valence-corrected chi connectivity index (χ1v) is 14.7. The number of para-hydroxylation sites is 1. The summed E-state index contributed by atoms with van der Waals surface area (Å²) < 4.78 is 6.25. The van der Waals surface area contributed by atoms with Gasteiger partial charge in [0.25, 0.3) is 0 Å². The number of Topliss-reactive ketones (excluding diaryl/α,β-unsaturated/α-hetero) is 1. The Kier molecular flexibility index (Phi) is 8.61. The van der Waals surface area contributed by atoms with E-state index in [2.05, 4.69) is 10.4 Å². The van der Waals surface area contributed by atoms with Crippen LogP contribution >= 0.6 is 0 Å². The molecule has 226 valence electrons. The lowest BCUT2D eigenvalue weighted by Gasteiger charge is -2.28. The van der Waals surface area contributed by atoms with Gasteiger partial charge in [0, 0.05) is 28.0 Å². The van der Waals surface area contributed by atoms with Crippen LogP contribution in [0.3, 0.4) is 0 Å². The molecule has 1 N–H and O–H groups in total. The molecule has 2 aromatic carbocycles. The molecule has 0 radical (unpaired) electrons. The number of ketones is 1. The molecule has 3 aromatic rings. The summed E-state index contributed by atoms with van der Waals surface area (Å²) in [6, 6.07) is 12.3. The van der Waals surface area contributed by atoms with Crippen LogP contribution in [0.4, 0.5) is 16.2 Å². The zero-order valence-electron chi connectivity index (χ0n) is 25.1. The molecular formula is C32H38N6O5. The Morgan fingerprint density at radius 1 is 1.00 bits per heavy atom. The van der Waals surface area contributed by atoms with Crippen LogP contribution < -0.4 is 10.2 Å². The van der Waals surface area contributed by atoms with Gasteiger partial charge in [0.15, 0.2) is 5.78 Å². The summed E-state index contributed by atoms with van der Waals surface area (Å²) in [5, 5.41) is 13.9. The second-order valence-corrected chi connectivity index (χ2v) is 12.1. The Bertz CT molecular complexity index is 1580. The first-order valence-electron chi connectivity index (χ1n) is 14.7. The summed E-state index contributed by atoms with van der Waals surface area (Å²) in [6.45, 7) is 4.93. The lowest BCUT2D eigenvalue weighted by atomic mass is 9.83. The largest absolute Gasteiger partial charge is 0.468 e. The smallest absolute Gasteiger partial charge is 0.345 e. The zero-order chi connectivity index (χ0) is 30.7. The third-order valence-corrected chi connectivity index (χ3v) is 8.01. The standard InChI is InChI=1S/C32H38N6O5/c1-32(2,3)27(39)18-36-25-13-9-8-12-24(25)30(21-10-6-5-7-11-21)35-38(31(36)42)19-28(40)34-23-15-14-22-17-33-37(26(22)16-23)20-29(41)43-4/h8-9,12-17,21H,5-7,10-11,18-20H2,1-4H3,(H,34,40). The van der Waals surface area contributed by atoms with Crippen LogP contribution in [-0.4, -0.2) is 64.4 Å². The lowest BCUT2D eigenvalue weighted by Crippen LogP contribution is -2.47. The second-order valence-electron chi connectivity index (χ2n) is 12.1. The van der Waals surface area contributed by atoms with E-state index in [1.807, 2.05) is 45.0 Å². The van der Waals surface area contributed by atoms with Gasteiger partial charge in [0.05, 0.1) is 36.8 Å². The first-order chi connectivity index (χ1) is 20.5. The molecule has 0 spiro atoms. The van der Waals surface area contributed by atoms with Crippen LogP contribution in [0.2, 0.25) is 0 Å². The number of ether oxygens (including phenoxy) is 1. The van der Waals surface area contributed by atoms with Gasteiger partial charge in [-0.15, -0.1) is 0 Å². The van der Waals surface area contributed by atoms with Crippen molar-refractivity contribution >= 4 is 51.7 Å². The molecule has 1 aliphatic heterocycles. The summed E-state index contributed by atoms with van der Waals surface area (Å²) in [4.78, 5) is 53.9. The molecule has 0 unspecified atom stereocenters. The minimum absolute atomic E-state index is 0.0674. The molecule has 0 atom stereocenters. The maximum atomic E-state index is 14.1. The number of benzene rings is 2. The van der Waals surface area contributed by atoms with Crippen LogP contribution in [0.25, 0.3) is 10.9 Å². The fraction of sp³-hybridized carbons (Fsp3) is 0.438. The Morgan fingerprint density at radius 2 is 1.74 bits per heavy atom. The van der Waals surface area contributed by atoms with E-state index in [9.17, 15) is 19.2 Å². The van der Waals surface area contributed by atoms with E-state index < -0.39 is 23.3 Å². The van der Waals surface area contributed by atoms with Crippen LogP contribution in [0, 0.1) is 11.3 Å². The van der Waals surface area contributed by atoms with E-state index in [-0.39, 0.29) is 31.3 Å². The minimum Gasteiger partial charge on any atom is -0.468 e. The van der Waals surface area contributed by atoms with Crippen molar-refractivity contribution in [3.63, 3.8) is 0 Å². The number of amides is 3. The highest BCUT2D eigenvalue weighted by molar-refractivity contribution is 6.13. The molecular weight excluding hydrogens is 548 g/mol. The number of anilines is 2. The predicted molar refractivity (Wildman–Crippen MR) is 164 cm³/mol. The molecule has 0 saturated heterocycles. The Labute approximate surface area is 250 Å². The van der Waals surface area contributed by atoms with Gasteiger partial charge in [-0.1, -0.05) is 58.2 Å². The molecule has 43 heavy (non-hydrogen) atoms. The number of methoxy groups -OCH3 is 1. The van der Waals surface area contributed by atoms with E-state index in [1.165, 1.54) is 21.7 Å². The highest BCUT2D eigenvalue weighted by atomic mass is 16.5. The first kappa shape index (κ1) is 29.9. The van der Waals surface area contributed by atoms with Crippen LogP contribution in [-0.2, 0) is 25.7 Å². The van der Waals surface area contributed by atoms with Gasteiger partial charge in [-0.3, -0.25) is 24.0 Å². The van der Waals surface area contributed by atoms with E-state index in [0.717, 1.165) is 48.8 Å². The molecule has 1 fully saturated rings. The van der Waals surface area contributed by atoms with E-state index in [0.29, 0.717) is 16.9 Å². The third kappa shape index (κ3) is 6.60. The van der Waals surface area contributed by atoms with Gasteiger partial charge in [-0.2, -0.15) is 10.2 Å². The molecule has 1 aliphatic carbocycles. The van der Waals surface area contributed by atoms with Gasteiger partial charge in [0.2, 0.25) is 5.91 Å². The second kappa shape index (κ2) is 12.4. The van der Waals surface area contributed by atoms with Crippen molar-refractivity contribution < 1.29 is 23.9 Å². The lowest BCUT2D eigenvalue weighted by molar-refractivity contribution is -0.141. The van der Waals surface area contributed by atoms with E-state index in [4.69, 9.17) is 9.84 Å². The number of carbonyl (C=O) groups is 4. The van der Waals surface area contributed by atoms with Crippen molar-refractivity contribution in [2.75, 3.05) is 30.4 Å². The fourth-order valence-electron chi connectivity index (χ4n) is 5.51. The Hall–Kier alpha value is -4.54. The maximum Gasteiger partial charge on any atom is 0.345 e. The molecule has 11 nitrogen and oxygen atoms in total. The number of carbonyl (C=O) groups excluding carboxylic acids is 4. The quantitative estimate of drug-likeness (QED) is 0.371. The molecule has 1 saturated carbocycles. The molecule has 2 aliphatic rings. The highest BCUT2D eigenvalue weighted by Crippen LogP contribution is 2.34. The van der Waals surface area contributed by atoms with Crippen molar-refractivity contribution in [1.29, 1.82) is 0 Å². The van der Waals surface area contributed by atoms with Gasteiger partial charge >= 0.3 is 12.0 Å². The summed E-state index contributed by atoms with van der Waals surface area (Å²) in [6.07, 6.45) is 6.82. The molecule has 3 amide bonds. The average molecular weight is 587 g/mol. The normalized spacial score (nSPS) is 16.0. The monoisotopic (exact) mass is 586 g/mol. The Morgan fingerprint density at radius 3 is 2.47 bits per heavy atom. The third-order valence-electron chi connectivity index (χ3n) is 8.01. The Balaban J connectivity index is 1.45. The van der Waals surface area contributed by atoms with Crippen LogP contribution in [0.5, 0.6) is 0 Å². The number of nitrogens with zero attached hydrogens (tertiary/aromatic N) is 5. The number of hydrogen-bond donors (Lipinski definition) is 1. The molecule has 2 heterocycles. The number of nitrogens with one attached hydrogen (secondary N) is 1. The fourth-order valence-corrected chi connectivity index (χ4v) is 5.51. The molecule has 11 heteroatoms. The van der Waals surface area contributed by atoms with Gasteiger partial charge in [0.1, 0.15) is 13.1 Å². The van der Waals surface area contributed by atoms with E-state index in [1.54, 1.807) is 24.4 Å². The molecule has 0 bridgehead atoms. The van der Waals surface area contributed by atoms with Gasteiger partial charge in [-0.25, -0.2) is 9.80 Å². The number of rotatable bonds is 8. The van der Waals surface area contributed by atoms with Crippen molar-refractivity contribution in [2.45, 2.75) is 59.4 Å². The minimum atomic E-state index is -0.657. The number of urea groups is 1. The zero-order valence-corrected chi connectivity index (χ0v) is 25.1.